The van der Waals surface area contributed by atoms with E-state index in [0.29, 0.717) is 16.2 Å². The summed E-state index contributed by atoms with van der Waals surface area (Å²) in [6.07, 6.45) is 0.808. The molecule has 0 aliphatic carbocycles. The van der Waals surface area contributed by atoms with Gasteiger partial charge in [-0.1, -0.05) is 68.1 Å². The average Bonchev–Trinajstić information content (AvgIpc) is 3.26. The molecule has 0 aliphatic heterocycles. The molecule has 0 spiro atoms. The summed E-state index contributed by atoms with van der Waals surface area (Å²) >= 11 is 2.74. The Bertz CT molecular complexity index is 916. The highest BCUT2D eigenvalue weighted by molar-refractivity contribution is 7.99. The van der Waals surface area contributed by atoms with Gasteiger partial charge in [-0.25, -0.2) is 0 Å². The molecule has 0 saturated heterocycles. The zero-order chi connectivity index (χ0) is 19.4. The fraction of sp³-hybridized carbons (Fsp3) is 0.389. The highest BCUT2D eigenvalue weighted by atomic mass is 32.2. The van der Waals surface area contributed by atoms with E-state index in [1.807, 2.05) is 18.5 Å². The molecule has 1 amide bonds. The SMILES string of the molecule is CCc1nnc(NC(=O)CSc2nnc(-c3ccc(C(C)C)cc3)n2C)s1. The third-order valence-corrected chi connectivity index (χ3v) is 6.02. The molecule has 1 N–H and O–H groups in total. The summed E-state index contributed by atoms with van der Waals surface area (Å²) in [6.45, 7) is 6.34. The second kappa shape index (κ2) is 8.62. The van der Waals surface area contributed by atoms with Gasteiger partial charge < -0.3 is 4.57 Å². The molecule has 3 aromatic rings. The Kier molecular flexibility index (Phi) is 6.22. The van der Waals surface area contributed by atoms with Gasteiger partial charge in [0.1, 0.15) is 5.01 Å². The number of nitrogens with one attached hydrogen (secondary N) is 1. The predicted octanol–water partition coefficient (Wildman–Crippen LogP) is 3.75. The topological polar surface area (TPSA) is 85.6 Å². The Morgan fingerprint density at radius 3 is 2.56 bits per heavy atom. The van der Waals surface area contributed by atoms with Gasteiger partial charge in [0.15, 0.2) is 11.0 Å². The van der Waals surface area contributed by atoms with Crippen molar-refractivity contribution in [3.8, 4) is 11.4 Å². The van der Waals surface area contributed by atoms with Gasteiger partial charge in [0, 0.05) is 12.6 Å². The lowest BCUT2D eigenvalue weighted by Gasteiger charge is -2.07. The van der Waals surface area contributed by atoms with Gasteiger partial charge >= 0.3 is 0 Å². The van der Waals surface area contributed by atoms with E-state index in [-0.39, 0.29) is 11.7 Å². The van der Waals surface area contributed by atoms with Crippen LogP contribution in [0.15, 0.2) is 29.4 Å². The fourth-order valence-electron chi connectivity index (χ4n) is 2.44. The van der Waals surface area contributed by atoms with Gasteiger partial charge in [-0.15, -0.1) is 20.4 Å². The summed E-state index contributed by atoms with van der Waals surface area (Å²) in [4.78, 5) is 12.1. The van der Waals surface area contributed by atoms with Crippen molar-refractivity contribution in [3.05, 3.63) is 34.8 Å². The van der Waals surface area contributed by atoms with Crippen LogP contribution in [0.1, 0.15) is 37.3 Å². The summed E-state index contributed by atoms with van der Waals surface area (Å²) in [5.74, 6) is 1.37. The maximum Gasteiger partial charge on any atom is 0.236 e. The molecule has 0 unspecified atom stereocenters. The second-order valence-electron chi connectivity index (χ2n) is 6.33. The molecule has 3 rings (SSSR count). The standard InChI is InChI=1S/C18H22N6OS2/c1-5-15-20-22-17(27-15)19-14(25)10-26-18-23-21-16(24(18)4)13-8-6-12(7-9-13)11(2)3/h6-9,11H,5,10H2,1-4H3,(H,19,22,25). The van der Waals surface area contributed by atoms with Crippen LogP contribution in [-0.2, 0) is 18.3 Å². The van der Waals surface area contributed by atoms with Crippen molar-refractivity contribution in [1.29, 1.82) is 0 Å². The van der Waals surface area contributed by atoms with Crippen LogP contribution in [0.4, 0.5) is 5.13 Å². The van der Waals surface area contributed by atoms with E-state index >= 15 is 0 Å². The molecule has 0 atom stereocenters. The van der Waals surface area contributed by atoms with E-state index in [1.54, 1.807) is 0 Å². The van der Waals surface area contributed by atoms with E-state index in [4.69, 9.17) is 0 Å². The molecule has 0 saturated carbocycles. The van der Waals surface area contributed by atoms with Crippen LogP contribution in [-0.4, -0.2) is 36.6 Å². The lowest BCUT2D eigenvalue weighted by atomic mass is 10.0. The number of aryl methyl sites for hydroxylation is 1. The molecule has 2 heterocycles. The summed E-state index contributed by atoms with van der Waals surface area (Å²) in [5.41, 5.74) is 2.29. The summed E-state index contributed by atoms with van der Waals surface area (Å²) in [6, 6.07) is 8.34. The highest BCUT2D eigenvalue weighted by Crippen LogP contribution is 2.25. The van der Waals surface area contributed by atoms with E-state index < -0.39 is 0 Å². The van der Waals surface area contributed by atoms with Crippen molar-refractivity contribution in [2.45, 2.75) is 38.3 Å². The minimum atomic E-state index is -0.135. The lowest BCUT2D eigenvalue weighted by Crippen LogP contribution is -2.14. The Balaban J connectivity index is 1.62. The molecule has 7 nitrogen and oxygen atoms in total. The van der Waals surface area contributed by atoms with Crippen LogP contribution < -0.4 is 5.32 Å². The summed E-state index contributed by atoms with van der Waals surface area (Å²) in [5, 5.41) is 21.3. The molecule has 2 aromatic heterocycles. The zero-order valence-electron chi connectivity index (χ0n) is 15.8. The second-order valence-corrected chi connectivity index (χ2v) is 8.34. The van der Waals surface area contributed by atoms with Crippen molar-refractivity contribution in [2.75, 3.05) is 11.1 Å². The number of anilines is 1. The van der Waals surface area contributed by atoms with Gasteiger partial charge in [0.05, 0.1) is 5.75 Å². The first-order chi connectivity index (χ1) is 13.0. The number of nitrogens with zero attached hydrogens (tertiary/aromatic N) is 5. The van der Waals surface area contributed by atoms with Crippen molar-refractivity contribution in [1.82, 2.24) is 25.0 Å². The van der Waals surface area contributed by atoms with Crippen LogP contribution in [0.3, 0.4) is 0 Å². The maximum absolute atomic E-state index is 12.1. The number of hydrogen-bond donors (Lipinski definition) is 1. The van der Waals surface area contributed by atoms with Crippen molar-refractivity contribution >= 4 is 34.1 Å². The van der Waals surface area contributed by atoms with E-state index in [2.05, 4.69) is 63.8 Å². The smallest absolute Gasteiger partial charge is 0.236 e. The monoisotopic (exact) mass is 402 g/mol. The number of hydrogen-bond acceptors (Lipinski definition) is 7. The molecule has 142 valence electrons. The molecule has 27 heavy (non-hydrogen) atoms. The third-order valence-electron chi connectivity index (χ3n) is 4.02. The Hall–Kier alpha value is -2.26. The van der Waals surface area contributed by atoms with Crippen LogP contribution in [0.25, 0.3) is 11.4 Å². The quantitative estimate of drug-likeness (QED) is 0.606. The molecule has 9 heteroatoms. The maximum atomic E-state index is 12.1. The highest BCUT2D eigenvalue weighted by Gasteiger charge is 2.14. The molecular weight excluding hydrogens is 380 g/mol. The van der Waals surface area contributed by atoms with E-state index in [1.165, 1.54) is 28.7 Å². The number of carbonyl (C=O) groups is 1. The van der Waals surface area contributed by atoms with E-state index in [9.17, 15) is 4.79 Å². The summed E-state index contributed by atoms with van der Waals surface area (Å²) in [7, 11) is 1.91. The first-order valence-electron chi connectivity index (χ1n) is 8.72. The van der Waals surface area contributed by atoms with Crippen molar-refractivity contribution < 1.29 is 4.79 Å². The Morgan fingerprint density at radius 2 is 1.93 bits per heavy atom. The van der Waals surface area contributed by atoms with Gasteiger partial charge in [-0.05, 0) is 17.9 Å². The number of aromatic nitrogens is 5. The molecule has 1 aromatic carbocycles. The molecule has 0 aliphatic rings. The Morgan fingerprint density at radius 1 is 1.19 bits per heavy atom. The average molecular weight is 403 g/mol. The number of carbonyl (C=O) groups excluding carboxylic acids is 1. The van der Waals surface area contributed by atoms with Crippen LogP contribution in [0, 0.1) is 0 Å². The van der Waals surface area contributed by atoms with Gasteiger partial charge in [-0.2, -0.15) is 0 Å². The van der Waals surface area contributed by atoms with Crippen LogP contribution in [0.2, 0.25) is 0 Å². The normalized spacial score (nSPS) is 11.1. The molecular formula is C18H22N6OS2. The third kappa shape index (κ3) is 4.72. The first kappa shape index (κ1) is 19.5. The van der Waals surface area contributed by atoms with Crippen molar-refractivity contribution in [2.24, 2.45) is 7.05 Å². The van der Waals surface area contributed by atoms with E-state index in [0.717, 1.165) is 22.8 Å². The van der Waals surface area contributed by atoms with Gasteiger partial charge in [0.25, 0.3) is 0 Å². The largest absolute Gasteiger partial charge is 0.305 e. The summed E-state index contributed by atoms with van der Waals surface area (Å²) < 4.78 is 1.91. The van der Waals surface area contributed by atoms with Crippen LogP contribution >= 0.6 is 23.1 Å². The van der Waals surface area contributed by atoms with Crippen molar-refractivity contribution in [3.63, 3.8) is 0 Å². The fourth-order valence-corrected chi connectivity index (χ4v) is 3.85. The number of benzene rings is 1. The van der Waals surface area contributed by atoms with Gasteiger partial charge in [-0.3, -0.25) is 10.1 Å². The first-order valence-corrected chi connectivity index (χ1v) is 10.5. The predicted molar refractivity (Wildman–Crippen MR) is 109 cm³/mol. The minimum Gasteiger partial charge on any atom is -0.305 e. The minimum absolute atomic E-state index is 0.135. The molecule has 0 bridgehead atoms. The molecule has 0 radical (unpaired) electrons. The number of amides is 1. The van der Waals surface area contributed by atoms with Crippen LogP contribution in [0.5, 0.6) is 0 Å². The number of thioether (sulfide) groups is 1. The molecule has 0 fully saturated rings. The number of rotatable bonds is 7. The Labute approximate surface area is 166 Å². The van der Waals surface area contributed by atoms with Gasteiger partial charge in [0.2, 0.25) is 11.0 Å². The zero-order valence-corrected chi connectivity index (χ0v) is 17.4. The lowest BCUT2D eigenvalue weighted by molar-refractivity contribution is -0.113.